The first-order chi connectivity index (χ1) is 11.9. The van der Waals surface area contributed by atoms with E-state index in [0.29, 0.717) is 5.56 Å². The molecule has 0 saturated heterocycles. The van der Waals surface area contributed by atoms with Crippen molar-refractivity contribution in [3.8, 4) is 0 Å². The van der Waals surface area contributed by atoms with E-state index < -0.39 is 15.5 Å². The van der Waals surface area contributed by atoms with Gasteiger partial charge in [-0.3, -0.25) is 20.2 Å². The Labute approximate surface area is 139 Å². The summed E-state index contributed by atoms with van der Waals surface area (Å²) in [5.74, 6) is 0.0182. The molecule has 124 valence electrons. The molecule has 0 amide bonds. The molecule has 0 aliphatic heterocycles. The lowest BCUT2D eigenvalue weighted by atomic mass is 10.2. The lowest BCUT2D eigenvalue weighted by Gasteiger charge is -1.98. The molecule has 9 nitrogen and oxygen atoms in total. The van der Waals surface area contributed by atoms with Crippen LogP contribution in [-0.2, 0) is 0 Å². The van der Waals surface area contributed by atoms with Crippen LogP contribution >= 0.6 is 0 Å². The summed E-state index contributed by atoms with van der Waals surface area (Å²) in [5, 5.41) is 21.4. The summed E-state index contributed by atoms with van der Waals surface area (Å²) in [5.41, 5.74) is -0.0778. The van der Waals surface area contributed by atoms with Gasteiger partial charge in [-0.15, -0.1) is 0 Å². The van der Waals surface area contributed by atoms with E-state index in [1.807, 2.05) is 0 Å². The molecule has 1 heterocycles. The van der Waals surface area contributed by atoms with Crippen LogP contribution in [0.5, 0.6) is 0 Å². The number of hydrogen-bond acceptors (Lipinski definition) is 7. The van der Waals surface area contributed by atoms with Crippen molar-refractivity contribution in [2.75, 3.05) is 0 Å². The SMILES string of the molecule is O=c1oc(/C=C/c2ccc([N+](=O)[O-])cc2)nc2ccc([N+](=O)[O-])cc12. The number of nitro benzene ring substituents is 2. The van der Waals surface area contributed by atoms with Crippen molar-refractivity contribution < 1.29 is 14.3 Å². The van der Waals surface area contributed by atoms with Gasteiger partial charge in [0.2, 0.25) is 5.89 Å². The molecule has 3 rings (SSSR count). The Hall–Kier alpha value is -3.88. The molecule has 2 aromatic carbocycles. The second-order valence-corrected chi connectivity index (χ2v) is 4.98. The summed E-state index contributed by atoms with van der Waals surface area (Å²) in [7, 11) is 0. The van der Waals surface area contributed by atoms with Gasteiger partial charge in [-0.1, -0.05) is 0 Å². The number of rotatable bonds is 4. The highest BCUT2D eigenvalue weighted by atomic mass is 16.6. The average Bonchev–Trinajstić information content (AvgIpc) is 2.60. The minimum Gasteiger partial charge on any atom is -0.404 e. The molecular weight excluding hydrogens is 330 g/mol. The third-order valence-electron chi connectivity index (χ3n) is 3.36. The molecule has 0 aliphatic rings. The largest absolute Gasteiger partial charge is 0.404 e. The summed E-state index contributed by atoms with van der Waals surface area (Å²) in [4.78, 5) is 36.3. The van der Waals surface area contributed by atoms with Crippen LogP contribution in [0.2, 0.25) is 0 Å². The Balaban J connectivity index is 1.93. The van der Waals surface area contributed by atoms with Gasteiger partial charge in [0.05, 0.1) is 20.7 Å². The molecule has 0 unspecified atom stereocenters. The number of aromatic nitrogens is 1. The van der Waals surface area contributed by atoms with Gasteiger partial charge in [0.15, 0.2) is 0 Å². The van der Waals surface area contributed by atoms with E-state index in [0.717, 1.165) is 6.07 Å². The second kappa shape index (κ2) is 6.32. The summed E-state index contributed by atoms with van der Waals surface area (Å²) in [6.45, 7) is 0. The molecule has 3 aromatic rings. The van der Waals surface area contributed by atoms with Gasteiger partial charge in [0.1, 0.15) is 0 Å². The van der Waals surface area contributed by atoms with Crippen molar-refractivity contribution in [2.24, 2.45) is 0 Å². The average molecular weight is 339 g/mol. The zero-order valence-electron chi connectivity index (χ0n) is 12.5. The summed E-state index contributed by atoms with van der Waals surface area (Å²) < 4.78 is 5.02. The number of non-ortho nitro benzene ring substituents is 2. The van der Waals surface area contributed by atoms with E-state index in [-0.39, 0.29) is 28.2 Å². The van der Waals surface area contributed by atoms with Gasteiger partial charge in [-0.05, 0) is 29.8 Å². The number of nitro groups is 2. The van der Waals surface area contributed by atoms with Crippen LogP contribution < -0.4 is 5.63 Å². The van der Waals surface area contributed by atoms with E-state index in [4.69, 9.17) is 4.42 Å². The molecule has 0 spiro atoms. The zero-order valence-corrected chi connectivity index (χ0v) is 12.5. The van der Waals surface area contributed by atoms with E-state index >= 15 is 0 Å². The van der Waals surface area contributed by atoms with E-state index in [2.05, 4.69) is 4.98 Å². The fraction of sp³-hybridized carbons (Fsp3) is 0. The monoisotopic (exact) mass is 339 g/mol. The van der Waals surface area contributed by atoms with Crippen molar-refractivity contribution in [2.45, 2.75) is 0 Å². The maximum absolute atomic E-state index is 12.0. The van der Waals surface area contributed by atoms with Crippen LogP contribution in [0.1, 0.15) is 11.5 Å². The van der Waals surface area contributed by atoms with Crippen LogP contribution in [0.25, 0.3) is 23.1 Å². The molecule has 9 heteroatoms. The lowest BCUT2D eigenvalue weighted by molar-refractivity contribution is -0.385. The van der Waals surface area contributed by atoms with Crippen LogP contribution in [0.4, 0.5) is 11.4 Å². The van der Waals surface area contributed by atoms with Crippen LogP contribution in [0.15, 0.2) is 51.7 Å². The molecule has 25 heavy (non-hydrogen) atoms. The minimum atomic E-state index is -0.739. The number of fused-ring (bicyclic) bond motifs is 1. The van der Waals surface area contributed by atoms with Gasteiger partial charge in [0.25, 0.3) is 11.4 Å². The van der Waals surface area contributed by atoms with E-state index in [1.165, 1.54) is 42.5 Å². The Morgan fingerprint density at radius 2 is 1.56 bits per heavy atom. The highest BCUT2D eigenvalue weighted by Gasteiger charge is 2.11. The highest BCUT2D eigenvalue weighted by Crippen LogP contribution is 2.18. The summed E-state index contributed by atoms with van der Waals surface area (Å²) in [6, 6.07) is 9.50. The topological polar surface area (TPSA) is 129 Å². The molecule has 0 atom stereocenters. The number of hydrogen-bond donors (Lipinski definition) is 0. The molecule has 1 aromatic heterocycles. The molecule has 0 bridgehead atoms. The molecule has 0 radical (unpaired) electrons. The smallest absolute Gasteiger partial charge is 0.347 e. The molecule has 0 N–H and O–H groups in total. The number of nitrogens with zero attached hydrogens (tertiary/aromatic N) is 3. The third kappa shape index (κ3) is 3.39. The van der Waals surface area contributed by atoms with Crippen molar-refractivity contribution in [1.82, 2.24) is 4.98 Å². The fourth-order valence-electron chi connectivity index (χ4n) is 2.14. The van der Waals surface area contributed by atoms with Gasteiger partial charge in [-0.2, -0.15) is 0 Å². The van der Waals surface area contributed by atoms with Crippen LogP contribution in [0, 0.1) is 20.2 Å². The van der Waals surface area contributed by atoms with Gasteiger partial charge >= 0.3 is 5.63 Å². The quantitative estimate of drug-likeness (QED) is 0.527. The first-order valence-electron chi connectivity index (χ1n) is 6.96. The fourth-order valence-corrected chi connectivity index (χ4v) is 2.14. The Bertz CT molecular complexity index is 1070. The van der Waals surface area contributed by atoms with E-state index in [9.17, 15) is 25.0 Å². The standard InChI is InChI=1S/C16H9N3O6/c20-16-13-9-12(19(23)24)6-7-14(13)17-15(25-16)8-3-10-1-4-11(5-2-10)18(21)22/h1-9H/b8-3+. The van der Waals surface area contributed by atoms with Crippen molar-refractivity contribution >= 4 is 34.4 Å². The first-order valence-corrected chi connectivity index (χ1v) is 6.96. The number of benzene rings is 2. The van der Waals surface area contributed by atoms with Crippen LogP contribution in [0.3, 0.4) is 0 Å². The summed E-state index contributed by atoms with van der Waals surface area (Å²) in [6.07, 6.45) is 3.01. The third-order valence-corrected chi connectivity index (χ3v) is 3.36. The Morgan fingerprint density at radius 1 is 0.920 bits per heavy atom. The highest BCUT2D eigenvalue weighted by molar-refractivity contribution is 5.80. The van der Waals surface area contributed by atoms with Gasteiger partial charge < -0.3 is 4.42 Å². The zero-order chi connectivity index (χ0) is 18.0. The molecule has 0 fully saturated rings. The van der Waals surface area contributed by atoms with Crippen molar-refractivity contribution in [1.29, 1.82) is 0 Å². The lowest BCUT2D eigenvalue weighted by Crippen LogP contribution is -2.03. The summed E-state index contributed by atoms with van der Waals surface area (Å²) >= 11 is 0. The van der Waals surface area contributed by atoms with Gasteiger partial charge in [-0.25, -0.2) is 9.78 Å². The predicted molar refractivity (Wildman–Crippen MR) is 89.0 cm³/mol. The molecule has 0 aliphatic carbocycles. The minimum absolute atomic E-state index is 0.0154. The Morgan fingerprint density at radius 3 is 2.20 bits per heavy atom. The molecular formula is C16H9N3O6. The van der Waals surface area contributed by atoms with E-state index in [1.54, 1.807) is 6.08 Å². The maximum Gasteiger partial charge on any atom is 0.347 e. The van der Waals surface area contributed by atoms with Gasteiger partial charge in [0, 0.05) is 30.3 Å². The van der Waals surface area contributed by atoms with Crippen molar-refractivity contribution in [3.63, 3.8) is 0 Å². The second-order valence-electron chi connectivity index (χ2n) is 4.98. The van der Waals surface area contributed by atoms with Crippen molar-refractivity contribution in [3.05, 3.63) is 84.6 Å². The predicted octanol–water partition coefficient (Wildman–Crippen LogP) is 3.17. The Kier molecular flexibility index (Phi) is 4.04. The normalized spacial score (nSPS) is 11.0. The van der Waals surface area contributed by atoms with Crippen LogP contribution in [-0.4, -0.2) is 14.8 Å². The maximum atomic E-state index is 12.0. The molecule has 0 saturated carbocycles. The first kappa shape index (κ1) is 16.0.